The van der Waals surface area contributed by atoms with Crippen LogP contribution in [-0.2, 0) is 6.54 Å². The van der Waals surface area contributed by atoms with Gasteiger partial charge in [0.2, 0.25) is 5.43 Å². The number of benzene rings is 1. The molecule has 0 radical (unpaired) electrons. The number of amides is 2. The molecule has 0 aliphatic carbocycles. The maximum atomic E-state index is 14.0. The van der Waals surface area contributed by atoms with Crippen LogP contribution in [0.1, 0.15) is 60.0 Å². The molecule has 0 unspecified atom stereocenters. The van der Waals surface area contributed by atoms with Crippen LogP contribution in [0, 0.1) is 11.6 Å². The molecule has 2 aliphatic heterocycles. The van der Waals surface area contributed by atoms with E-state index in [-0.39, 0.29) is 60.4 Å². The topological polar surface area (TPSA) is 83.9 Å². The fourth-order valence-electron chi connectivity index (χ4n) is 4.12. The van der Waals surface area contributed by atoms with Crippen LogP contribution in [0.3, 0.4) is 0 Å². The summed E-state index contributed by atoms with van der Waals surface area (Å²) in [6, 6.07) is 2.72. The minimum absolute atomic E-state index is 0.0703. The molecule has 2 amide bonds. The van der Waals surface area contributed by atoms with Crippen LogP contribution in [0.25, 0.3) is 0 Å². The zero-order valence-electron chi connectivity index (χ0n) is 19.9. The van der Waals surface area contributed by atoms with Crippen LogP contribution >= 0.6 is 0 Å². The molecule has 2 bridgehead atoms. The van der Waals surface area contributed by atoms with Crippen molar-refractivity contribution in [2.24, 2.45) is 0 Å². The molecule has 2 aliphatic rings. The molecule has 186 valence electrons. The Hall–Kier alpha value is -3.69. The van der Waals surface area contributed by atoms with Crippen LogP contribution in [0.15, 0.2) is 41.3 Å². The first-order valence-electron chi connectivity index (χ1n) is 11.6. The SMILES string of the molecule is CCCCOc1c2n(cc(C(=O)NCc3ccc(F)cc3F)c1=O)N1CN(C2=O)[C@H](C)C=C[C@H]1C. The Morgan fingerprint density at radius 2 is 1.91 bits per heavy atom. The number of ether oxygens (including phenoxy) is 1. The van der Waals surface area contributed by atoms with Gasteiger partial charge in [-0.25, -0.2) is 8.78 Å². The second-order valence-corrected chi connectivity index (χ2v) is 8.74. The molecule has 10 heteroatoms. The molecule has 4 rings (SSSR count). The first-order valence-corrected chi connectivity index (χ1v) is 11.6. The van der Waals surface area contributed by atoms with Crippen molar-refractivity contribution in [3.05, 3.63) is 75.2 Å². The molecule has 2 atom stereocenters. The molecule has 0 saturated heterocycles. The lowest BCUT2D eigenvalue weighted by atomic mass is 10.1. The van der Waals surface area contributed by atoms with Crippen LogP contribution < -0.4 is 20.5 Å². The number of aromatic nitrogens is 1. The average Bonchev–Trinajstić information content (AvgIpc) is 2.95. The van der Waals surface area contributed by atoms with Crippen molar-refractivity contribution in [2.75, 3.05) is 18.3 Å². The number of nitrogens with zero attached hydrogens (tertiary/aromatic N) is 3. The average molecular weight is 487 g/mol. The van der Waals surface area contributed by atoms with Gasteiger partial charge in [-0.2, -0.15) is 0 Å². The van der Waals surface area contributed by atoms with Gasteiger partial charge in [0.05, 0.1) is 12.6 Å². The molecule has 0 spiro atoms. The number of rotatable bonds is 7. The standard InChI is InChI=1S/C25H28F2N4O4/c1-4-5-10-35-23-21-25(34)29-14-31(16(3)7-6-15(29)2)30(21)13-19(22(23)32)24(33)28-12-17-8-9-18(26)11-20(17)27/h6-9,11,13,15-16H,4-5,10,12,14H2,1-3H3,(H,28,33)/t15-,16-/m1/s1. The van der Waals surface area contributed by atoms with Crippen molar-refractivity contribution in [1.82, 2.24) is 14.9 Å². The molecule has 1 N–H and O–H groups in total. The molecular weight excluding hydrogens is 458 g/mol. The fourth-order valence-corrected chi connectivity index (χ4v) is 4.12. The summed E-state index contributed by atoms with van der Waals surface area (Å²) in [4.78, 5) is 41.5. The van der Waals surface area contributed by atoms with Crippen LogP contribution in [0.2, 0.25) is 0 Å². The summed E-state index contributed by atoms with van der Waals surface area (Å²) in [5.74, 6) is -2.83. The summed E-state index contributed by atoms with van der Waals surface area (Å²) in [6.07, 6.45) is 6.69. The Labute approximate surface area is 201 Å². The first-order chi connectivity index (χ1) is 16.7. The summed E-state index contributed by atoms with van der Waals surface area (Å²) < 4.78 is 34.5. The maximum absolute atomic E-state index is 14.0. The van der Waals surface area contributed by atoms with E-state index in [1.165, 1.54) is 16.9 Å². The third kappa shape index (κ3) is 4.65. The van der Waals surface area contributed by atoms with Crippen molar-refractivity contribution in [1.29, 1.82) is 0 Å². The lowest BCUT2D eigenvalue weighted by Crippen LogP contribution is -2.57. The summed E-state index contributed by atoms with van der Waals surface area (Å²) >= 11 is 0. The predicted molar refractivity (Wildman–Crippen MR) is 126 cm³/mol. The van der Waals surface area contributed by atoms with Gasteiger partial charge in [0.1, 0.15) is 23.9 Å². The molecule has 8 nitrogen and oxygen atoms in total. The zero-order chi connectivity index (χ0) is 25.3. The van der Waals surface area contributed by atoms with E-state index in [0.29, 0.717) is 6.42 Å². The first kappa shape index (κ1) is 24.4. The quantitative estimate of drug-likeness (QED) is 0.481. The highest BCUT2D eigenvalue weighted by atomic mass is 19.1. The minimum atomic E-state index is -0.805. The van der Waals surface area contributed by atoms with Gasteiger partial charge in [0.25, 0.3) is 11.8 Å². The lowest BCUT2D eigenvalue weighted by molar-refractivity contribution is 0.0650. The molecule has 35 heavy (non-hydrogen) atoms. The minimum Gasteiger partial charge on any atom is -0.487 e. The molecule has 1 aromatic carbocycles. The van der Waals surface area contributed by atoms with Crippen molar-refractivity contribution in [3.63, 3.8) is 0 Å². The Kier molecular flexibility index (Phi) is 6.90. The van der Waals surface area contributed by atoms with Crippen molar-refractivity contribution in [3.8, 4) is 5.75 Å². The van der Waals surface area contributed by atoms with Crippen LogP contribution in [0.5, 0.6) is 5.75 Å². The smallest absolute Gasteiger partial charge is 0.278 e. The molecule has 3 heterocycles. The highest BCUT2D eigenvalue weighted by Gasteiger charge is 2.39. The lowest BCUT2D eigenvalue weighted by Gasteiger charge is -2.42. The fraction of sp³-hybridized carbons (Fsp3) is 0.400. The van der Waals surface area contributed by atoms with E-state index < -0.39 is 23.0 Å². The number of fused-ring (bicyclic) bond motifs is 4. The van der Waals surface area contributed by atoms with E-state index in [4.69, 9.17) is 4.74 Å². The second kappa shape index (κ2) is 9.89. The normalized spacial score (nSPS) is 18.8. The number of halogens is 2. The summed E-state index contributed by atoms with van der Waals surface area (Å²) in [5, 5.41) is 4.38. The molecular formula is C25H28F2N4O4. The summed E-state index contributed by atoms with van der Waals surface area (Å²) in [7, 11) is 0. The molecule has 1 aromatic heterocycles. The number of nitrogens with one attached hydrogen (secondary N) is 1. The zero-order valence-corrected chi connectivity index (χ0v) is 19.9. The third-order valence-electron chi connectivity index (χ3n) is 6.26. The molecule has 2 aromatic rings. The van der Waals surface area contributed by atoms with E-state index in [1.807, 2.05) is 37.9 Å². The van der Waals surface area contributed by atoms with Crippen LogP contribution in [0.4, 0.5) is 8.78 Å². The monoisotopic (exact) mass is 486 g/mol. The Bertz CT molecular complexity index is 1240. The molecule has 0 saturated carbocycles. The maximum Gasteiger partial charge on any atom is 0.278 e. The predicted octanol–water partition coefficient (Wildman–Crippen LogP) is 2.93. The Balaban J connectivity index is 1.75. The van der Waals surface area contributed by atoms with E-state index in [2.05, 4.69) is 5.32 Å². The number of carbonyl (C=O) groups is 2. The Morgan fingerprint density at radius 3 is 2.63 bits per heavy atom. The van der Waals surface area contributed by atoms with Gasteiger partial charge in [-0.1, -0.05) is 31.6 Å². The van der Waals surface area contributed by atoms with Gasteiger partial charge in [0, 0.05) is 30.4 Å². The Morgan fingerprint density at radius 1 is 1.17 bits per heavy atom. The van der Waals surface area contributed by atoms with Gasteiger partial charge in [0.15, 0.2) is 11.4 Å². The van der Waals surface area contributed by atoms with E-state index in [1.54, 1.807) is 4.90 Å². The second-order valence-electron chi connectivity index (χ2n) is 8.74. The number of hydrogen-bond acceptors (Lipinski definition) is 5. The van der Waals surface area contributed by atoms with Gasteiger partial charge < -0.3 is 15.0 Å². The highest BCUT2D eigenvalue weighted by Crippen LogP contribution is 2.27. The molecule has 0 fully saturated rings. The summed E-state index contributed by atoms with van der Waals surface area (Å²) in [5.41, 5.74) is -0.811. The van der Waals surface area contributed by atoms with Crippen molar-refractivity contribution >= 4 is 11.8 Å². The number of hydrogen-bond donors (Lipinski definition) is 1. The van der Waals surface area contributed by atoms with Gasteiger partial charge >= 0.3 is 0 Å². The van der Waals surface area contributed by atoms with Gasteiger partial charge in [-0.15, -0.1) is 0 Å². The van der Waals surface area contributed by atoms with Crippen LogP contribution in [-0.4, -0.2) is 46.7 Å². The highest BCUT2D eigenvalue weighted by molar-refractivity contribution is 5.99. The van der Waals surface area contributed by atoms with E-state index in [9.17, 15) is 23.2 Å². The van der Waals surface area contributed by atoms with E-state index >= 15 is 0 Å². The third-order valence-corrected chi connectivity index (χ3v) is 6.26. The number of unbranched alkanes of at least 4 members (excludes halogenated alkanes) is 1. The van der Waals surface area contributed by atoms with Crippen molar-refractivity contribution in [2.45, 2.75) is 52.2 Å². The van der Waals surface area contributed by atoms with Gasteiger partial charge in [-0.05, 0) is 26.3 Å². The largest absolute Gasteiger partial charge is 0.487 e. The number of carbonyl (C=O) groups excluding carboxylic acids is 2. The summed E-state index contributed by atoms with van der Waals surface area (Å²) in [6.45, 7) is 6.04. The van der Waals surface area contributed by atoms with Gasteiger partial charge in [-0.3, -0.25) is 24.1 Å². The van der Waals surface area contributed by atoms with E-state index in [0.717, 1.165) is 18.6 Å². The number of pyridine rings is 1. The van der Waals surface area contributed by atoms with Crippen molar-refractivity contribution < 1.29 is 23.1 Å².